The molecule has 0 aromatic carbocycles. The molecule has 0 radical (unpaired) electrons. The molecule has 0 aliphatic rings. The lowest BCUT2D eigenvalue weighted by molar-refractivity contribution is -0.154. The highest BCUT2D eigenvalue weighted by Gasteiger charge is 2.27. The molecule has 0 aliphatic carbocycles. The monoisotopic (exact) mass is 765 g/mol. The first-order chi connectivity index (χ1) is 25.7. The summed E-state index contributed by atoms with van der Waals surface area (Å²) in [5.74, 6) is -1.81. The number of carbonyl (C=O) groups excluding carboxylic acids is 1. The number of allylic oxidation sites excluding steroid dienone is 12. The lowest BCUT2D eigenvalue weighted by Gasteiger charge is -2.20. The number of rotatable bonds is 37. The van der Waals surface area contributed by atoms with Gasteiger partial charge in [0.1, 0.15) is 12.1 Å². The Kier molecular flexibility index (Phi) is 35.9. The van der Waals surface area contributed by atoms with E-state index in [4.69, 9.17) is 29.4 Å². The van der Waals surface area contributed by atoms with Gasteiger partial charge in [0.2, 0.25) is 0 Å². The number of ether oxygens (including phenoxy) is 2. The number of unbranched alkanes of at least 4 members (excludes halogenated alkanes) is 11. The van der Waals surface area contributed by atoms with E-state index in [9.17, 15) is 19.0 Å². The molecule has 0 aromatic rings. The largest absolute Gasteiger partial charge is 0.480 e. The summed E-state index contributed by atoms with van der Waals surface area (Å²) in [6.07, 6.45) is 45.2. The second-order valence-electron chi connectivity index (χ2n) is 13.0. The molecule has 0 spiro atoms. The van der Waals surface area contributed by atoms with Crippen molar-refractivity contribution >= 4 is 19.8 Å². The third kappa shape index (κ3) is 37.5. The molecule has 0 fully saturated rings. The summed E-state index contributed by atoms with van der Waals surface area (Å²) in [7, 11) is -4.63. The zero-order valence-electron chi connectivity index (χ0n) is 32.8. The normalized spacial score (nSPS) is 14.8. The van der Waals surface area contributed by atoms with E-state index in [1.54, 1.807) is 0 Å². The smallest absolute Gasteiger partial charge is 0.472 e. The Hall–Kier alpha value is -2.59. The Morgan fingerprint density at radius 3 is 1.55 bits per heavy atom. The van der Waals surface area contributed by atoms with Gasteiger partial charge >= 0.3 is 19.8 Å². The fourth-order valence-electron chi connectivity index (χ4n) is 4.92. The van der Waals surface area contributed by atoms with E-state index in [2.05, 4.69) is 86.8 Å². The SMILES string of the molecule is CC/C=C\C/C=C\C/C=C\CCCCCCCCOCC(COP(=O)(O)OCC(N)C(=O)O)OC(=O)CCCCCCC/C=C\C/C=C\C/C=C\CC. The van der Waals surface area contributed by atoms with Crippen LogP contribution in [0, 0.1) is 0 Å². The Morgan fingerprint density at radius 1 is 0.604 bits per heavy atom. The van der Waals surface area contributed by atoms with Crippen LogP contribution in [0.2, 0.25) is 0 Å². The van der Waals surface area contributed by atoms with Crippen LogP contribution in [0.5, 0.6) is 0 Å². The Morgan fingerprint density at radius 2 is 1.04 bits per heavy atom. The summed E-state index contributed by atoms with van der Waals surface area (Å²) in [6.45, 7) is 3.58. The molecule has 10 nitrogen and oxygen atoms in total. The Balaban J connectivity index is 4.35. The van der Waals surface area contributed by atoms with E-state index < -0.39 is 45.1 Å². The van der Waals surface area contributed by atoms with Gasteiger partial charge in [0.25, 0.3) is 0 Å². The van der Waals surface area contributed by atoms with Crippen molar-refractivity contribution < 1.29 is 42.7 Å². The van der Waals surface area contributed by atoms with Crippen LogP contribution in [0.4, 0.5) is 0 Å². The Bertz CT molecular complexity index is 1120. The van der Waals surface area contributed by atoms with Crippen molar-refractivity contribution in [2.45, 2.75) is 154 Å². The van der Waals surface area contributed by atoms with Gasteiger partial charge in [0, 0.05) is 13.0 Å². The zero-order valence-corrected chi connectivity index (χ0v) is 33.7. The molecule has 0 bridgehead atoms. The summed E-state index contributed by atoms with van der Waals surface area (Å²) in [4.78, 5) is 33.5. The lowest BCUT2D eigenvalue weighted by Crippen LogP contribution is -2.34. The van der Waals surface area contributed by atoms with Crippen LogP contribution in [-0.2, 0) is 32.7 Å². The number of carboxylic acid groups (broad SMARTS) is 1. The molecule has 11 heteroatoms. The summed E-state index contributed by atoms with van der Waals surface area (Å²) in [6, 6.07) is -1.48. The molecule has 0 aliphatic heterocycles. The highest BCUT2D eigenvalue weighted by molar-refractivity contribution is 7.47. The van der Waals surface area contributed by atoms with Gasteiger partial charge in [-0.25, -0.2) is 4.57 Å². The number of carbonyl (C=O) groups is 2. The van der Waals surface area contributed by atoms with Crippen LogP contribution in [0.25, 0.3) is 0 Å². The number of phosphoric acid groups is 1. The van der Waals surface area contributed by atoms with Gasteiger partial charge in [-0.05, 0) is 77.0 Å². The van der Waals surface area contributed by atoms with Crippen LogP contribution in [-0.4, -0.2) is 60.5 Å². The minimum Gasteiger partial charge on any atom is -0.480 e. The molecule has 0 saturated carbocycles. The maximum Gasteiger partial charge on any atom is 0.472 e. The first-order valence-electron chi connectivity index (χ1n) is 20.0. The van der Waals surface area contributed by atoms with Crippen LogP contribution in [0.3, 0.4) is 0 Å². The summed E-state index contributed by atoms with van der Waals surface area (Å²) < 4.78 is 33.2. The molecule has 3 atom stereocenters. The first kappa shape index (κ1) is 50.4. The predicted octanol–water partition coefficient (Wildman–Crippen LogP) is 10.6. The third-order valence-corrected chi connectivity index (χ3v) is 8.93. The van der Waals surface area contributed by atoms with Crippen molar-refractivity contribution in [1.29, 1.82) is 0 Å². The predicted molar refractivity (Wildman–Crippen MR) is 217 cm³/mol. The van der Waals surface area contributed by atoms with Gasteiger partial charge in [0.05, 0.1) is 19.8 Å². The molecular weight excluding hydrogens is 693 g/mol. The van der Waals surface area contributed by atoms with Gasteiger partial charge in [-0.1, -0.05) is 132 Å². The van der Waals surface area contributed by atoms with Crippen molar-refractivity contribution in [3.63, 3.8) is 0 Å². The zero-order chi connectivity index (χ0) is 39.1. The fourth-order valence-corrected chi connectivity index (χ4v) is 5.70. The molecule has 0 saturated heterocycles. The molecule has 0 heterocycles. The average Bonchev–Trinajstić information content (AvgIpc) is 3.13. The molecule has 53 heavy (non-hydrogen) atoms. The van der Waals surface area contributed by atoms with Crippen molar-refractivity contribution in [2.75, 3.05) is 26.4 Å². The van der Waals surface area contributed by atoms with Gasteiger partial charge in [0.15, 0.2) is 0 Å². The second kappa shape index (κ2) is 37.7. The molecule has 3 unspecified atom stereocenters. The first-order valence-corrected chi connectivity index (χ1v) is 21.5. The standard InChI is InChI=1S/C42H72NO9P/c1-3-5-7-9-11-13-15-17-19-21-23-25-27-29-31-33-35-49-36-39(37-50-53(47,48)51-38-40(43)42(45)46)52-41(44)34-32-30-28-26-24-22-20-18-16-14-12-10-8-6-4-2/h5-8,11-14,17-20,39-40H,3-4,9-10,15-16,21-38,43H2,1-2H3,(H,45,46)(H,47,48)/b7-5-,8-6-,13-11-,14-12-,19-17-,20-18-. The number of hydrogen-bond donors (Lipinski definition) is 3. The summed E-state index contributed by atoms with van der Waals surface area (Å²) in [5.41, 5.74) is 5.34. The van der Waals surface area contributed by atoms with E-state index in [0.29, 0.717) is 13.0 Å². The maximum absolute atomic E-state index is 12.6. The highest BCUT2D eigenvalue weighted by atomic mass is 31.2. The minimum absolute atomic E-state index is 0.00341. The van der Waals surface area contributed by atoms with Gasteiger partial charge < -0.3 is 25.2 Å². The van der Waals surface area contributed by atoms with E-state index in [-0.39, 0.29) is 13.0 Å². The van der Waals surface area contributed by atoms with E-state index >= 15 is 0 Å². The molecule has 0 aromatic heterocycles. The minimum atomic E-state index is -4.63. The van der Waals surface area contributed by atoms with Crippen LogP contribution < -0.4 is 5.73 Å². The quantitative estimate of drug-likeness (QED) is 0.0241. The topological polar surface area (TPSA) is 155 Å². The van der Waals surface area contributed by atoms with Crippen LogP contribution in [0.15, 0.2) is 72.9 Å². The van der Waals surface area contributed by atoms with Crippen molar-refractivity contribution in [3.8, 4) is 0 Å². The van der Waals surface area contributed by atoms with Crippen molar-refractivity contribution in [1.82, 2.24) is 0 Å². The number of phosphoric ester groups is 1. The van der Waals surface area contributed by atoms with E-state index in [0.717, 1.165) is 103 Å². The number of aliphatic carboxylic acids is 1. The third-order valence-electron chi connectivity index (χ3n) is 7.98. The summed E-state index contributed by atoms with van der Waals surface area (Å²) in [5, 5.41) is 8.88. The summed E-state index contributed by atoms with van der Waals surface area (Å²) >= 11 is 0. The van der Waals surface area contributed by atoms with E-state index in [1.165, 1.54) is 12.8 Å². The molecule has 4 N–H and O–H groups in total. The number of esters is 1. The second-order valence-corrected chi connectivity index (χ2v) is 14.4. The Labute approximate surface area is 321 Å². The maximum atomic E-state index is 12.6. The van der Waals surface area contributed by atoms with Crippen LogP contribution >= 0.6 is 7.82 Å². The van der Waals surface area contributed by atoms with Gasteiger partial charge in [-0.15, -0.1) is 0 Å². The van der Waals surface area contributed by atoms with E-state index in [1.807, 2.05) is 0 Å². The average molecular weight is 766 g/mol. The lowest BCUT2D eigenvalue weighted by atomic mass is 10.1. The molecule has 0 rings (SSSR count). The fraction of sp³-hybridized carbons (Fsp3) is 0.667. The van der Waals surface area contributed by atoms with Gasteiger partial charge in [-0.2, -0.15) is 0 Å². The van der Waals surface area contributed by atoms with Crippen molar-refractivity contribution in [3.05, 3.63) is 72.9 Å². The highest BCUT2D eigenvalue weighted by Crippen LogP contribution is 2.43. The number of hydrogen-bond acceptors (Lipinski definition) is 8. The van der Waals surface area contributed by atoms with Gasteiger partial charge in [-0.3, -0.25) is 18.6 Å². The van der Waals surface area contributed by atoms with Crippen molar-refractivity contribution in [2.24, 2.45) is 5.73 Å². The molecular formula is C42H72NO9P. The molecule has 0 amide bonds. The van der Waals surface area contributed by atoms with Crippen LogP contribution in [0.1, 0.15) is 142 Å². The number of nitrogens with two attached hydrogens (primary N) is 1. The molecule has 304 valence electrons. The number of carboxylic acids is 1.